The molecule has 1 amide bonds. The number of halogens is 1. The number of hydrogen-bond donors (Lipinski definition) is 1. The Bertz CT molecular complexity index is 943. The summed E-state index contributed by atoms with van der Waals surface area (Å²) in [6, 6.07) is 13.1. The molecule has 2 aromatic rings. The van der Waals surface area contributed by atoms with E-state index in [1.165, 1.54) is 13.2 Å². The zero-order valence-electron chi connectivity index (χ0n) is 14.9. The number of carbonyl (C=O) groups is 2. The monoisotopic (exact) mass is 453 g/mol. The van der Waals surface area contributed by atoms with Crippen molar-refractivity contribution in [1.29, 1.82) is 0 Å². The largest absolute Gasteiger partial charge is 0.469 e. The number of sulfone groups is 1. The Labute approximate surface area is 167 Å². The minimum Gasteiger partial charge on any atom is -0.469 e. The van der Waals surface area contributed by atoms with E-state index >= 15 is 0 Å². The van der Waals surface area contributed by atoms with Gasteiger partial charge in [0.1, 0.15) is 0 Å². The molecule has 0 saturated carbocycles. The van der Waals surface area contributed by atoms with Crippen LogP contribution in [-0.4, -0.2) is 33.7 Å². The highest BCUT2D eigenvalue weighted by atomic mass is 79.9. The van der Waals surface area contributed by atoms with Gasteiger partial charge in [-0.1, -0.05) is 40.2 Å². The van der Waals surface area contributed by atoms with Crippen LogP contribution in [0.2, 0.25) is 0 Å². The molecule has 2 aromatic carbocycles. The third-order valence-electron chi connectivity index (χ3n) is 3.77. The standard InChI is InChI=1S/C19H20BrNO5S/c1-26-18(22)11-17(14-6-4-8-16(20)10-14)21-19(23)15-7-3-5-13(9-15)12-27(2,24)25/h3-10,17H,11-12H2,1-2H3,(H,21,23). The van der Waals surface area contributed by atoms with Crippen molar-refractivity contribution in [2.45, 2.75) is 18.2 Å². The van der Waals surface area contributed by atoms with Crippen LogP contribution in [0.15, 0.2) is 53.0 Å². The van der Waals surface area contributed by atoms with Gasteiger partial charge in [0.2, 0.25) is 0 Å². The number of rotatable bonds is 7. The fraction of sp³-hybridized carbons (Fsp3) is 0.263. The molecular formula is C19H20BrNO5S. The highest BCUT2D eigenvalue weighted by Crippen LogP contribution is 2.22. The maximum absolute atomic E-state index is 12.7. The number of ether oxygens (including phenoxy) is 1. The minimum absolute atomic E-state index is 0.0261. The Morgan fingerprint density at radius 3 is 2.48 bits per heavy atom. The Kier molecular flexibility index (Phi) is 7.15. The summed E-state index contributed by atoms with van der Waals surface area (Å²) in [6.45, 7) is 0. The Morgan fingerprint density at radius 2 is 1.85 bits per heavy atom. The van der Waals surface area contributed by atoms with Crippen molar-refractivity contribution in [2.75, 3.05) is 13.4 Å². The van der Waals surface area contributed by atoms with Crippen LogP contribution >= 0.6 is 15.9 Å². The van der Waals surface area contributed by atoms with Crippen molar-refractivity contribution >= 4 is 37.6 Å². The van der Waals surface area contributed by atoms with Crippen molar-refractivity contribution in [1.82, 2.24) is 5.32 Å². The Morgan fingerprint density at radius 1 is 1.15 bits per heavy atom. The van der Waals surface area contributed by atoms with Gasteiger partial charge in [0.25, 0.3) is 5.91 Å². The topological polar surface area (TPSA) is 89.5 Å². The maximum Gasteiger partial charge on any atom is 0.307 e. The van der Waals surface area contributed by atoms with Crippen molar-refractivity contribution < 1.29 is 22.7 Å². The molecule has 1 N–H and O–H groups in total. The van der Waals surface area contributed by atoms with E-state index in [0.717, 1.165) is 16.3 Å². The molecule has 0 aromatic heterocycles. The minimum atomic E-state index is -3.21. The first-order valence-corrected chi connectivity index (χ1v) is 10.9. The molecule has 0 aliphatic heterocycles. The van der Waals surface area contributed by atoms with Crippen LogP contribution in [0, 0.1) is 0 Å². The second kappa shape index (κ2) is 9.14. The van der Waals surface area contributed by atoms with Gasteiger partial charge in [-0.05, 0) is 35.4 Å². The predicted octanol–water partition coefficient (Wildman–Crippen LogP) is 3.03. The first-order chi connectivity index (χ1) is 12.7. The van der Waals surface area contributed by atoms with Gasteiger partial charge in [0, 0.05) is 16.3 Å². The smallest absolute Gasteiger partial charge is 0.307 e. The average Bonchev–Trinajstić information content (AvgIpc) is 2.59. The summed E-state index contributed by atoms with van der Waals surface area (Å²) in [7, 11) is -1.92. The average molecular weight is 454 g/mol. The molecule has 0 aliphatic carbocycles. The quantitative estimate of drug-likeness (QED) is 0.650. The molecule has 2 rings (SSSR count). The molecular weight excluding hydrogens is 434 g/mol. The van der Waals surface area contributed by atoms with Gasteiger partial charge >= 0.3 is 5.97 Å². The van der Waals surface area contributed by atoms with Crippen molar-refractivity contribution in [2.24, 2.45) is 0 Å². The molecule has 0 spiro atoms. The van der Waals surface area contributed by atoms with Crippen molar-refractivity contribution in [3.63, 3.8) is 0 Å². The lowest BCUT2D eigenvalue weighted by atomic mass is 10.0. The summed E-state index contributed by atoms with van der Waals surface area (Å²) in [5.41, 5.74) is 1.59. The Balaban J connectivity index is 2.25. The summed E-state index contributed by atoms with van der Waals surface area (Å²) < 4.78 is 28.5. The lowest BCUT2D eigenvalue weighted by Gasteiger charge is -2.19. The molecule has 0 fully saturated rings. The van der Waals surface area contributed by atoms with Crippen LogP contribution in [0.3, 0.4) is 0 Å². The van der Waals surface area contributed by atoms with Gasteiger partial charge < -0.3 is 10.1 Å². The van der Waals surface area contributed by atoms with Gasteiger partial charge in [-0.25, -0.2) is 8.42 Å². The molecule has 0 bridgehead atoms. The number of methoxy groups -OCH3 is 1. The van der Waals surface area contributed by atoms with E-state index in [-0.39, 0.29) is 12.2 Å². The Hall–Kier alpha value is -2.19. The summed E-state index contributed by atoms with van der Waals surface area (Å²) in [6.07, 6.45) is 1.11. The van der Waals surface area contributed by atoms with E-state index < -0.39 is 27.8 Å². The van der Waals surface area contributed by atoms with Gasteiger partial charge in [-0.3, -0.25) is 9.59 Å². The van der Waals surface area contributed by atoms with E-state index in [1.807, 2.05) is 18.2 Å². The third kappa shape index (κ3) is 6.80. The zero-order chi connectivity index (χ0) is 20.0. The number of hydrogen-bond acceptors (Lipinski definition) is 5. The van der Waals surface area contributed by atoms with E-state index in [1.54, 1.807) is 24.3 Å². The van der Waals surface area contributed by atoms with E-state index in [9.17, 15) is 18.0 Å². The van der Waals surface area contributed by atoms with Crippen LogP contribution in [0.5, 0.6) is 0 Å². The van der Waals surface area contributed by atoms with Crippen LogP contribution in [-0.2, 0) is 25.1 Å². The number of esters is 1. The molecule has 144 valence electrons. The lowest BCUT2D eigenvalue weighted by Crippen LogP contribution is -2.30. The fourth-order valence-electron chi connectivity index (χ4n) is 2.57. The molecule has 8 heteroatoms. The number of carbonyl (C=O) groups excluding carboxylic acids is 2. The molecule has 27 heavy (non-hydrogen) atoms. The predicted molar refractivity (Wildman–Crippen MR) is 106 cm³/mol. The van der Waals surface area contributed by atoms with Crippen molar-refractivity contribution in [3.05, 3.63) is 69.7 Å². The summed E-state index contributed by atoms with van der Waals surface area (Å²) in [5, 5.41) is 2.82. The number of benzene rings is 2. The van der Waals surface area contributed by atoms with Crippen LogP contribution in [0.4, 0.5) is 0 Å². The van der Waals surface area contributed by atoms with Gasteiger partial charge in [-0.2, -0.15) is 0 Å². The van der Waals surface area contributed by atoms with Gasteiger partial charge in [0.15, 0.2) is 9.84 Å². The number of amides is 1. The normalized spacial score (nSPS) is 12.3. The molecule has 0 radical (unpaired) electrons. The molecule has 0 aliphatic rings. The molecule has 6 nitrogen and oxygen atoms in total. The molecule has 1 unspecified atom stereocenters. The molecule has 0 heterocycles. The third-order valence-corrected chi connectivity index (χ3v) is 5.12. The second-order valence-electron chi connectivity index (χ2n) is 6.13. The molecule has 0 saturated heterocycles. The first kappa shape index (κ1) is 21.1. The highest BCUT2D eigenvalue weighted by molar-refractivity contribution is 9.10. The summed E-state index contributed by atoms with van der Waals surface area (Å²) >= 11 is 3.38. The van der Waals surface area contributed by atoms with E-state index in [4.69, 9.17) is 4.74 Å². The fourth-order valence-corrected chi connectivity index (χ4v) is 3.77. The van der Waals surface area contributed by atoms with Gasteiger partial charge in [-0.15, -0.1) is 0 Å². The van der Waals surface area contributed by atoms with E-state index in [0.29, 0.717) is 11.1 Å². The lowest BCUT2D eigenvalue weighted by molar-refractivity contribution is -0.141. The van der Waals surface area contributed by atoms with Crippen LogP contribution in [0.1, 0.15) is 33.9 Å². The first-order valence-electron chi connectivity index (χ1n) is 8.08. The maximum atomic E-state index is 12.7. The highest BCUT2D eigenvalue weighted by Gasteiger charge is 2.20. The van der Waals surface area contributed by atoms with Gasteiger partial charge in [0.05, 0.1) is 25.3 Å². The SMILES string of the molecule is COC(=O)CC(NC(=O)c1cccc(CS(C)(=O)=O)c1)c1cccc(Br)c1. The van der Waals surface area contributed by atoms with Crippen LogP contribution in [0.25, 0.3) is 0 Å². The van der Waals surface area contributed by atoms with E-state index in [2.05, 4.69) is 21.2 Å². The zero-order valence-corrected chi connectivity index (χ0v) is 17.3. The second-order valence-corrected chi connectivity index (χ2v) is 9.19. The summed E-state index contributed by atoms with van der Waals surface area (Å²) in [4.78, 5) is 24.4. The molecule has 1 atom stereocenters. The van der Waals surface area contributed by atoms with Crippen molar-refractivity contribution in [3.8, 4) is 0 Å². The van der Waals surface area contributed by atoms with Crippen LogP contribution < -0.4 is 5.32 Å². The summed E-state index contributed by atoms with van der Waals surface area (Å²) in [5.74, 6) is -1.00. The number of nitrogens with one attached hydrogen (secondary N) is 1.